The molecule has 0 radical (unpaired) electrons. The minimum atomic E-state index is -0.286. The average molecular weight is 524 g/mol. The zero-order chi connectivity index (χ0) is 25.4. The minimum absolute atomic E-state index is 0.104. The fourth-order valence-electron chi connectivity index (χ4n) is 5.48. The number of carbonyl (C=O) groups excluding carboxylic acids is 1. The molecule has 5 rings (SSSR count). The van der Waals surface area contributed by atoms with Crippen molar-refractivity contribution in [2.75, 3.05) is 18.4 Å². The number of nitrogens with one attached hydrogen (secondary N) is 1. The number of aryl methyl sites for hydroxylation is 2. The van der Waals surface area contributed by atoms with Gasteiger partial charge in [-0.3, -0.25) is 19.1 Å². The molecule has 2 aliphatic carbocycles. The third-order valence-electron chi connectivity index (χ3n) is 7.59. The van der Waals surface area contributed by atoms with Crippen molar-refractivity contribution in [2.45, 2.75) is 78.8 Å². The van der Waals surface area contributed by atoms with Crippen LogP contribution < -0.4 is 10.9 Å². The lowest BCUT2D eigenvalue weighted by Gasteiger charge is -2.20. The number of hydrogen-bond acceptors (Lipinski definition) is 7. The standard InChI is InChI=1S/C27H33N5O2S2/c1-4-31(5-2)14-22-29-26-24(18-8-6-7-9-20(18)35-26)27(34)32(22)15-23(33)30-25-19(13-28)17-11-10-16(3)12-21(17)36-25/h16H,4-12,14-15H2,1-3H3,(H,30,33). The first-order valence-electron chi connectivity index (χ1n) is 13.0. The fourth-order valence-corrected chi connectivity index (χ4v) is 8.13. The van der Waals surface area contributed by atoms with Crippen LogP contribution in [-0.4, -0.2) is 33.4 Å². The summed E-state index contributed by atoms with van der Waals surface area (Å²) in [5.41, 5.74) is 2.69. The molecule has 1 amide bonds. The van der Waals surface area contributed by atoms with E-state index in [1.54, 1.807) is 15.9 Å². The molecule has 3 heterocycles. The highest BCUT2D eigenvalue weighted by atomic mass is 32.1. The lowest BCUT2D eigenvalue weighted by Crippen LogP contribution is -2.34. The number of nitriles is 1. The van der Waals surface area contributed by atoms with Crippen LogP contribution in [0.15, 0.2) is 4.79 Å². The molecule has 1 atom stereocenters. The maximum atomic E-state index is 13.8. The third kappa shape index (κ3) is 4.62. The van der Waals surface area contributed by atoms with Crippen LogP contribution in [-0.2, 0) is 43.6 Å². The Kier molecular flexibility index (Phi) is 7.29. The van der Waals surface area contributed by atoms with E-state index in [1.165, 1.54) is 21.1 Å². The quantitative estimate of drug-likeness (QED) is 0.477. The van der Waals surface area contributed by atoms with Crippen LogP contribution in [0.5, 0.6) is 0 Å². The first-order valence-corrected chi connectivity index (χ1v) is 14.7. The summed E-state index contributed by atoms with van der Waals surface area (Å²) in [7, 11) is 0. The molecule has 1 N–H and O–H groups in total. The van der Waals surface area contributed by atoms with Gasteiger partial charge < -0.3 is 5.32 Å². The number of anilines is 1. The van der Waals surface area contributed by atoms with Gasteiger partial charge in [-0.05, 0) is 75.1 Å². The van der Waals surface area contributed by atoms with Gasteiger partial charge in [0.15, 0.2) is 0 Å². The average Bonchev–Trinajstić information content (AvgIpc) is 3.41. The van der Waals surface area contributed by atoms with Gasteiger partial charge in [0.2, 0.25) is 5.91 Å². The molecule has 190 valence electrons. The molecule has 36 heavy (non-hydrogen) atoms. The summed E-state index contributed by atoms with van der Waals surface area (Å²) in [5, 5.41) is 14.1. The van der Waals surface area contributed by atoms with E-state index in [-0.39, 0.29) is 18.0 Å². The Morgan fingerprint density at radius 3 is 2.69 bits per heavy atom. The largest absolute Gasteiger partial charge is 0.315 e. The SMILES string of the molecule is CCN(CC)Cc1nc2sc3c(c2c(=O)n1CC(=O)Nc1sc2c(c1C#N)CCC(C)C2)CCCC3. The zero-order valence-corrected chi connectivity index (χ0v) is 22.9. The van der Waals surface area contributed by atoms with Crippen LogP contribution in [0.4, 0.5) is 5.00 Å². The molecule has 0 aliphatic heterocycles. The number of amides is 1. The number of hydrogen-bond donors (Lipinski definition) is 1. The minimum Gasteiger partial charge on any atom is -0.315 e. The van der Waals surface area contributed by atoms with Crippen molar-refractivity contribution in [3.63, 3.8) is 0 Å². The summed E-state index contributed by atoms with van der Waals surface area (Å²) in [6, 6.07) is 2.32. The number of thiophene rings is 2. The number of nitrogens with zero attached hydrogens (tertiary/aromatic N) is 4. The predicted octanol–water partition coefficient (Wildman–Crippen LogP) is 4.88. The Morgan fingerprint density at radius 1 is 1.17 bits per heavy atom. The highest BCUT2D eigenvalue weighted by Crippen LogP contribution is 2.39. The van der Waals surface area contributed by atoms with Crippen LogP contribution >= 0.6 is 22.7 Å². The van der Waals surface area contributed by atoms with E-state index in [2.05, 4.69) is 37.1 Å². The van der Waals surface area contributed by atoms with Crippen molar-refractivity contribution in [3.05, 3.63) is 42.6 Å². The summed E-state index contributed by atoms with van der Waals surface area (Å²) >= 11 is 3.16. The first kappa shape index (κ1) is 25.1. The van der Waals surface area contributed by atoms with Crippen LogP contribution in [0.2, 0.25) is 0 Å². The van der Waals surface area contributed by atoms with Gasteiger partial charge in [0, 0.05) is 9.75 Å². The van der Waals surface area contributed by atoms with Gasteiger partial charge in [-0.15, -0.1) is 22.7 Å². The van der Waals surface area contributed by atoms with Crippen molar-refractivity contribution in [2.24, 2.45) is 5.92 Å². The number of aromatic nitrogens is 2. The van der Waals surface area contributed by atoms with Crippen molar-refractivity contribution < 1.29 is 4.79 Å². The van der Waals surface area contributed by atoms with E-state index in [0.29, 0.717) is 34.2 Å². The molecule has 9 heteroatoms. The van der Waals surface area contributed by atoms with Crippen molar-refractivity contribution in [1.82, 2.24) is 14.5 Å². The Bertz CT molecular complexity index is 1410. The fraction of sp³-hybridized carbons (Fsp3) is 0.556. The van der Waals surface area contributed by atoms with Crippen molar-refractivity contribution in [1.29, 1.82) is 5.26 Å². The molecule has 0 spiro atoms. The van der Waals surface area contributed by atoms with E-state index >= 15 is 0 Å². The maximum Gasteiger partial charge on any atom is 0.263 e. The van der Waals surface area contributed by atoms with Crippen LogP contribution in [0, 0.1) is 17.2 Å². The Hall–Kier alpha value is -2.54. The summed E-state index contributed by atoms with van der Waals surface area (Å²) in [4.78, 5) is 37.6. The molecular weight excluding hydrogens is 490 g/mol. The molecule has 0 saturated carbocycles. The summed E-state index contributed by atoms with van der Waals surface area (Å²) < 4.78 is 1.57. The molecule has 0 aromatic carbocycles. The highest BCUT2D eigenvalue weighted by molar-refractivity contribution is 7.18. The molecule has 7 nitrogen and oxygen atoms in total. The summed E-state index contributed by atoms with van der Waals surface area (Å²) in [5.74, 6) is 0.929. The van der Waals surface area contributed by atoms with E-state index in [1.807, 2.05) is 0 Å². The molecule has 0 bridgehead atoms. The first-order chi connectivity index (χ1) is 17.4. The van der Waals surface area contributed by atoms with Gasteiger partial charge in [-0.25, -0.2) is 4.98 Å². The second kappa shape index (κ2) is 10.4. The number of rotatable bonds is 7. The van der Waals surface area contributed by atoms with Crippen molar-refractivity contribution in [3.8, 4) is 6.07 Å². The normalized spacial score (nSPS) is 17.1. The maximum absolute atomic E-state index is 13.8. The van der Waals surface area contributed by atoms with E-state index in [9.17, 15) is 14.9 Å². The third-order valence-corrected chi connectivity index (χ3v) is 9.95. The Morgan fingerprint density at radius 2 is 1.94 bits per heavy atom. The highest BCUT2D eigenvalue weighted by Gasteiger charge is 2.26. The lowest BCUT2D eigenvalue weighted by molar-refractivity contribution is -0.116. The zero-order valence-electron chi connectivity index (χ0n) is 21.3. The lowest BCUT2D eigenvalue weighted by atomic mass is 9.89. The van der Waals surface area contributed by atoms with E-state index in [0.717, 1.165) is 74.0 Å². The van der Waals surface area contributed by atoms with Crippen LogP contribution in [0.25, 0.3) is 10.2 Å². The van der Waals surface area contributed by atoms with Gasteiger partial charge in [0.25, 0.3) is 5.56 Å². The summed E-state index contributed by atoms with van der Waals surface area (Å²) in [6.07, 6.45) is 7.02. The summed E-state index contributed by atoms with van der Waals surface area (Å²) in [6.45, 7) is 8.48. The van der Waals surface area contributed by atoms with Gasteiger partial charge in [-0.1, -0.05) is 20.8 Å². The van der Waals surface area contributed by atoms with E-state index in [4.69, 9.17) is 4.98 Å². The Labute approximate surface area is 219 Å². The van der Waals surface area contributed by atoms with Crippen molar-refractivity contribution >= 4 is 43.8 Å². The van der Waals surface area contributed by atoms with Crippen LogP contribution in [0.1, 0.15) is 72.3 Å². The van der Waals surface area contributed by atoms with Gasteiger partial charge in [0.1, 0.15) is 28.3 Å². The smallest absolute Gasteiger partial charge is 0.263 e. The molecule has 2 aliphatic rings. The number of carbonyl (C=O) groups is 1. The van der Waals surface area contributed by atoms with Gasteiger partial charge in [-0.2, -0.15) is 5.26 Å². The Balaban J connectivity index is 1.50. The molecule has 0 saturated heterocycles. The second-order valence-corrected chi connectivity index (χ2v) is 12.2. The molecular formula is C27H33N5O2S2. The molecule has 3 aromatic rings. The molecule has 1 unspecified atom stereocenters. The van der Waals surface area contributed by atoms with Crippen LogP contribution in [0.3, 0.4) is 0 Å². The second-order valence-electron chi connectivity index (χ2n) is 9.99. The van der Waals surface area contributed by atoms with E-state index < -0.39 is 0 Å². The molecule has 0 fully saturated rings. The molecule has 3 aromatic heterocycles. The predicted molar refractivity (Wildman–Crippen MR) is 146 cm³/mol. The van der Waals surface area contributed by atoms with Gasteiger partial charge in [0.05, 0.1) is 17.5 Å². The monoisotopic (exact) mass is 523 g/mol. The van der Waals surface area contributed by atoms with Gasteiger partial charge >= 0.3 is 0 Å². The number of fused-ring (bicyclic) bond motifs is 4. The topological polar surface area (TPSA) is 91.0 Å².